The number of carbonyl (C=O) groups excluding carboxylic acids is 1. The fourth-order valence-electron chi connectivity index (χ4n) is 1.72. The minimum atomic E-state index is -0.245. The Morgan fingerprint density at radius 1 is 1.43 bits per heavy atom. The van der Waals surface area contributed by atoms with Gasteiger partial charge < -0.3 is 10.6 Å². The number of unbranched alkanes of at least 4 members (excludes halogenated alkanes) is 1. The van der Waals surface area contributed by atoms with Crippen molar-refractivity contribution >= 4 is 55.8 Å². The van der Waals surface area contributed by atoms with Gasteiger partial charge in [0, 0.05) is 16.7 Å². The minimum Gasteiger partial charge on any atom is -0.360 e. The Morgan fingerprint density at radius 3 is 3.00 bits per heavy atom. The number of anilines is 2. The number of halogens is 1. The third-order valence-electron chi connectivity index (χ3n) is 2.95. The third kappa shape index (κ3) is 6.12. The zero-order valence-corrected chi connectivity index (χ0v) is 16.2. The van der Waals surface area contributed by atoms with Crippen molar-refractivity contribution in [3.63, 3.8) is 0 Å². The summed E-state index contributed by atoms with van der Waals surface area (Å²) in [4.78, 5) is 12.2. The lowest BCUT2D eigenvalue weighted by Gasteiger charge is -2.10. The predicted octanol–water partition coefficient (Wildman–Crippen LogP) is 4.63. The fourth-order valence-corrected chi connectivity index (χ4v) is 4.04. The molecule has 0 aliphatic carbocycles. The van der Waals surface area contributed by atoms with Gasteiger partial charge in [0.25, 0.3) is 0 Å². The molecule has 0 bridgehead atoms. The summed E-state index contributed by atoms with van der Waals surface area (Å²) in [6.45, 7) is 4.91. The number of thioether (sulfide) groups is 1. The first-order valence-electron chi connectivity index (χ1n) is 7.39. The van der Waals surface area contributed by atoms with Gasteiger partial charge in [-0.15, -0.1) is 10.2 Å². The highest BCUT2D eigenvalue weighted by atomic mass is 79.9. The van der Waals surface area contributed by atoms with Crippen LogP contribution in [-0.4, -0.2) is 27.9 Å². The van der Waals surface area contributed by atoms with Crippen molar-refractivity contribution in [3.8, 4) is 0 Å². The Morgan fingerprint density at radius 2 is 2.26 bits per heavy atom. The van der Waals surface area contributed by atoms with Crippen LogP contribution in [0.25, 0.3) is 0 Å². The number of nitrogens with one attached hydrogen (secondary N) is 2. The molecule has 2 aromatic rings. The lowest BCUT2D eigenvalue weighted by molar-refractivity contribution is -0.115. The molecule has 0 spiro atoms. The van der Waals surface area contributed by atoms with Gasteiger partial charge in [-0.1, -0.05) is 58.4 Å². The molecule has 0 saturated heterocycles. The van der Waals surface area contributed by atoms with Gasteiger partial charge in [0.2, 0.25) is 11.0 Å². The quantitative estimate of drug-likeness (QED) is 0.486. The van der Waals surface area contributed by atoms with E-state index in [-0.39, 0.29) is 11.2 Å². The maximum absolute atomic E-state index is 12.2. The molecule has 1 aromatic carbocycles. The number of carbonyl (C=O) groups is 1. The molecule has 1 amide bonds. The van der Waals surface area contributed by atoms with E-state index in [1.165, 1.54) is 23.1 Å². The second-order valence-corrected chi connectivity index (χ2v) is 8.39. The van der Waals surface area contributed by atoms with Gasteiger partial charge in [-0.2, -0.15) is 0 Å². The largest absolute Gasteiger partial charge is 0.360 e. The van der Waals surface area contributed by atoms with E-state index < -0.39 is 0 Å². The first kappa shape index (κ1) is 18.2. The summed E-state index contributed by atoms with van der Waals surface area (Å²) in [5, 5.41) is 14.9. The second kappa shape index (κ2) is 9.24. The number of hydrogen-bond acceptors (Lipinski definition) is 6. The number of benzene rings is 1. The van der Waals surface area contributed by atoms with Crippen molar-refractivity contribution in [2.24, 2.45) is 0 Å². The van der Waals surface area contributed by atoms with Crippen LogP contribution in [0.5, 0.6) is 0 Å². The fraction of sp³-hybridized carbons (Fsp3) is 0.400. The molecule has 2 rings (SSSR count). The predicted molar refractivity (Wildman–Crippen MR) is 101 cm³/mol. The molecule has 0 aliphatic heterocycles. The van der Waals surface area contributed by atoms with E-state index in [0.717, 1.165) is 39.0 Å². The highest BCUT2D eigenvalue weighted by Gasteiger charge is 2.17. The van der Waals surface area contributed by atoms with Crippen LogP contribution < -0.4 is 10.6 Å². The number of rotatable bonds is 8. The second-order valence-electron chi connectivity index (χ2n) is 4.91. The topological polar surface area (TPSA) is 66.9 Å². The lowest BCUT2D eigenvalue weighted by atomic mass is 10.3. The average molecular weight is 415 g/mol. The summed E-state index contributed by atoms with van der Waals surface area (Å²) < 4.78 is 1.73. The van der Waals surface area contributed by atoms with Gasteiger partial charge in [0.05, 0.1) is 5.25 Å². The number of nitrogens with zero attached hydrogens (tertiary/aromatic N) is 2. The summed E-state index contributed by atoms with van der Waals surface area (Å²) in [7, 11) is 0. The van der Waals surface area contributed by atoms with Crippen molar-refractivity contribution in [2.45, 2.75) is 36.3 Å². The van der Waals surface area contributed by atoms with Gasteiger partial charge in [-0.25, -0.2) is 0 Å². The van der Waals surface area contributed by atoms with Crippen LogP contribution in [-0.2, 0) is 4.79 Å². The Hall–Kier alpha value is -1.12. The van der Waals surface area contributed by atoms with Crippen LogP contribution in [0.4, 0.5) is 10.8 Å². The first-order valence-corrected chi connectivity index (χ1v) is 9.88. The van der Waals surface area contributed by atoms with Gasteiger partial charge in [-0.05, 0) is 31.5 Å². The van der Waals surface area contributed by atoms with Crippen LogP contribution >= 0.6 is 39.0 Å². The van der Waals surface area contributed by atoms with Crippen molar-refractivity contribution in [2.75, 3.05) is 17.2 Å². The zero-order chi connectivity index (χ0) is 16.7. The Kier molecular flexibility index (Phi) is 7.32. The molecular weight excluding hydrogens is 396 g/mol. The molecule has 124 valence electrons. The molecule has 2 N–H and O–H groups in total. The molecule has 8 heteroatoms. The molecule has 0 unspecified atom stereocenters. The van der Waals surface area contributed by atoms with Gasteiger partial charge in [0.15, 0.2) is 4.34 Å². The number of amides is 1. The maximum Gasteiger partial charge on any atom is 0.237 e. The molecule has 1 heterocycles. The van der Waals surface area contributed by atoms with E-state index >= 15 is 0 Å². The molecule has 23 heavy (non-hydrogen) atoms. The van der Waals surface area contributed by atoms with Crippen molar-refractivity contribution < 1.29 is 4.79 Å². The number of hydrogen-bond donors (Lipinski definition) is 2. The molecule has 5 nitrogen and oxygen atoms in total. The Bertz CT molecular complexity index is 650. The monoisotopic (exact) mass is 414 g/mol. The smallest absolute Gasteiger partial charge is 0.237 e. The SMILES string of the molecule is CCCCNc1nnc(S[C@@H](C)C(=O)Nc2cccc(Br)c2)s1. The summed E-state index contributed by atoms with van der Waals surface area (Å²) in [6, 6.07) is 7.54. The standard InChI is InChI=1S/C15H19BrN4OS2/c1-3-4-8-17-14-19-20-15(23-14)22-10(2)13(21)18-12-7-5-6-11(16)9-12/h5-7,9-10H,3-4,8H2,1-2H3,(H,17,19)(H,18,21)/t10-/m0/s1. The molecule has 0 aliphatic rings. The van der Waals surface area contributed by atoms with Gasteiger partial charge in [0.1, 0.15) is 0 Å². The molecule has 1 atom stereocenters. The molecule has 1 aromatic heterocycles. The van der Waals surface area contributed by atoms with E-state index in [1.807, 2.05) is 31.2 Å². The van der Waals surface area contributed by atoms with Gasteiger partial charge >= 0.3 is 0 Å². The maximum atomic E-state index is 12.2. The Balaban J connectivity index is 1.85. The average Bonchev–Trinajstić information content (AvgIpc) is 2.95. The molecule has 0 fully saturated rings. The van der Waals surface area contributed by atoms with Crippen molar-refractivity contribution in [1.29, 1.82) is 0 Å². The van der Waals surface area contributed by atoms with Crippen LogP contribution in [0.1, 0.15) is 26.7 Å². The van der Waals surface area contributed by atoms with Crippen molar-refractivity contribution in [3.05, 3.63) is 28.7 Å². The van der Waals surface area contributed by atoms with Crippen LogP contribution in [0, 0.1) is 0 Å². The highest BCUT2D eigenvalue weighted by molar-refractivity contribution is 9.10. The van der Waals surface area contributed by atoms with Crippen LogP contribution in [0.3, 0.4) is 0 Å². The van der Waals surface area contributed by atoms with Gasteiger partial charge in [-0.3, -0.25) is 4.79 Å². The minimum absolute atomic E-state index is 0.0520. The van der Waals surface area contributed by atoms with E-state index in [1.54, 1.807) is 0 Å². The van der Waals surface area contributed by atoms with Crippen LogP contribution in [0.2, 0.25) is 0 Å². The van der Waals surface area contributed by atoms with Crippen molar-refractivity contribution in [1.82, 2.24) is 10.2 Å². The van der Waals surface area contributed by atoms with Crippen LogP contribution in [0.15, 0.2) is 33.1 Å². The van der Waals surface area contributed by atoms with E-state index in [9.17, 15) is 4.79 Å². The zero-order valence-electron chi connectivity index (χ0n) is 13.0. The first-order chi connectivity index (χ1) is 11.1. The molecule has 0 radical (unpaired) electrons. The molecule has 0 saturated carbocycles. The van der Waals surface area contributed by atoms with E-state index in [0.29, 0.717) is 0 Å². The summed E-state index contributed by atoms with van der Waals surface area (Å²) in [5.41, 5.74) is 0.774. The summed E-state index contributed by atoms with van der Waals surface area (Å²) >= 11 is 6.29. The third-order valence-corrected chi connectivity index (χ3v) is 5.51. The summed E-state index contributed by atoms with van der Waals surface area (Å²) in [5.74, 6) is -0.0520. The lowest BCUT2D eigenvalue weighted by Crippen LogP contribution is -2.22. The Labute approximate surface area is 152 Å². The molecular formula is C15H19BrN4OS2. The van der Waals surface area contributed by atoms with E-state index in [2.05, 4.69) is 43.7 Å². The van der Waals surface area contributed by atoms with E-state index in [4.69, 9.17) is 0 Å². The normalized spacial score (nSPS) is 12.0. The highest BCUT2D eigenvalue weighted by Crippen LogP contribution is 2.29. The number of aromatic nitrogens is 2. The summed E-state index contributed by atoms with van der Waals surface area (Å²) in [6.07, 6.45) is 2.24.